The van der Waals surface area contributed by atoms with Crippen molar-refractivity contribution >= 4 is 28.3 Å². The molecule has 0 aliphatic heterocycles. The van der Waals surface area contributed by atoms with Gasteiger partial charge in [-0.3, -0.25) is 9.48 Å². The molecule has 35 heavy (non-hydrogen) atoms. The van der Waals surface area contributed by atoms with Crippen molar-refractivity contribution in [2.24, 2.45) is 7.05 Å². The highest BCUT2D eigenvalue weighted by atomic mass is 35.5. The van der Waals surface area contributed by atoms with E-state index in [9.17, 15) is 4.79 Å². The number of benzene rings is 3. The molecule has 0 aliphatic rings. The maximum Gasteiger partial charge on any atom is 0.186 e. The van der Waals surface area contributed by atoms with E-state index in [0.29, 0.717) is 5.56 Å². The van der Waals surface area contributed by atoms with Crippen LogP contribution in [0, 0.1) is 0 Å². The summed E-state index contributed by atoms with van der Waals surface area (Å²) >= 11 is 6.04. The lowest BCUT2D eigenvalue weighted by Crippen LogP contribution is -2.36. The lowest BCUT2D eigenvalue weighted by atomic mass is 9.95. The molecule has 5 rings (SSSR count). The van der Waals surface area contributed by atoms with E-state index in [-0.39, 0.29) is 11.8 Å². The third kappa shape index (κ3) is 5.06. The number of Topliss-reactive ketones (excluding diaryl/α,β-unsaturated/α-hetero) is 1. The molecular weight excluding hydrogens is 456 g/mol. The fourth-order valence-corrected chi connectivity index (χ4v) is 4.65. The highest BCUT2D eigenvalue weighted by Gasteiger charge is 2.26. The maximum atomic E-state index is 13.9. The van der Waals surface area contributed by atoms with Crippen LogP contribution in [0.15, 0.2) is 91.4 Å². The lowest BCUT2D eigenvalue weighted by molar-refractivity contribution is 0.0938. The first-order chi connectivity index (χ1) is 17.0. The minimum atomic E-state index is -0.462. The van der Waals surface area contributed by atoms with Crippen molar-refractivity contribution in [3.8, 4) is 11.1 Å². The summed E-state index contributed by atoms with van der Waals surface area (Å²) in [5, 5.41) is 9.48. The minimum Gasteiger partial charge on any atom is -0.360 e. The number of nitrogens with zero attached hydrogens (tertiary/aromatic N) is 2. The fraction of sp³-hybridized carbons (Fsp3) is 0.172. The van der Waals surface area contributed by atoms with Gasteiger partial charge >= 0.3 is 0 Å². The summed E-state index contributed by atoms with van der Waals surface area (Å²) in [6, 6.07) is 23.5. The summed E-state index contributed by atoms with van der Waals surface area (Å²) in [6.45, 7) is 2.10. The van der Waals surface area contributed by atoms with E-state index in [2.05, 4.69) is 28.4 Å². The largest absolute Gasteiger partial charge is 0.360 e. The molecule has 5 nitrogen and oxygen atoms in total. The second-order valence-electron chi connectivity index (χ2n) is 8.97. The SMILES string of the molecule is C[C@H](Cc1ccc(Cl)cc1)N[C@H](C(=O)c1c[nH]c2cc(-c3cnn(C)c3)ccc12)c1ccccc1. The van der Waals surface area contributed by atoms with Gasteiger partial charge in [0.25, 0.3) is 0 Å². The van der Waals surface area contributed by atoms with Crippen LogP contribution in [0.4, 0.5) is 0 Å². The summed E-state index contributed by atoms with van der Waals surface area (Å²) in [4.78, 5) is 17.2. The van der Waals surface area contributed by atoms with Gasteiger partial charge in [-0.05, 0) is 48.2 Å². The third-order valence-electron chi connectivity index (χ3n) is 6.29. The van der Waals surface area contributed by atoms with Gasteiger partial charge in [0.2, 0.25) is 0 Å². The topological polar surface area (TPSA) is 62.7 Å². The van der Waals surface area contributed by atoms with Gasteiger partial charge in [0.1, 0.15) is 0 Å². The molecule has 176 valence electrons. The van der Waals surface area contributed by atoms with E-state index in [4.69, 9.17) is 11.6 Å². The highest BCUT2D eigenvalue weighted by molar-refractivity contribution is 6.30. The first-order valence-electron chi connectivity index (χ1n) is 11.7. The second kappa shape index (κ2) is 9.90. The van der Waals surface area contributed by atoms with Gasteiger partial charge in [-0.2, -0.15) is 5.10 Å². The first-order valence-corrected chi connectivity index (χ1v) is 12.1. The molecule has 0 aliphatic carbocycles. The normalized spacial score (nSPS) is 13.1. The van der Waals surface area contributed by atoms with E-state index in [1.165, 1.54) is 5.56 Å². The Bertz CT molecular complexity index is 1450. The van der Waals surface area contributed by atoms with Crippen LogP contribution in [-0.4, -0.2) is 26.6 Å². The van der Waals surface area contributed by atoms with E-state index in [1.54, 1.807) is 4.68 Å². The first kappa shape index (κ1) is 23.1. The smallest absolute Gasteiger partial charge is 0.186 e. The van der Waals surface area contributed by atoms with E-state index in [1.807, 2.05) is 92.4 Å². The number of ketones is 1. The zero-order valence-electron chi connectivity index (χ0n) is 19.7. The average molecular weight is 483 g/mol. The highest BCUT2D eigenvalue weighted by Crippen LogP contribution is 2.29. The van der Waals surface area contributed by atoms with Crippen LogP contribution < -0.4 is 5.32 Å². The predicted octanol–water partition coefficient (Wildman–Crippen LogP) is 6.37. The molecule has 0 saturated carbocycles. The summed E-state index contributed by atoms with van der Waals surface area (Å²) in [5.74, 6) is 0.0412. The monoisotopic (exact) mass is 482 g/mol. The van der Waals surface area contributed by atoms with Gasteiger partial charge in [0.15, 0.2) is 5.78 Å². The standard InChI is InChI=1S/C29H27ClN4O/c1-19(14-20-8-11-24(30)12-9-20)33-28(21-6-4-3-5-7-21)29(35)26-17-31-27-15-22(10-13-25(26)27)23-16-32-34(2)18-23/h3-13,15-19,28,31,33H,14H2,1-2H3/t19-,28+/m1/s1. The zero-order chi connectivity index (χ0) is 24.4. The minimum absolute atomic E-state index is 0.0412. The molecule has 0 fully saturated rings. The van der Waals surface area contributed by atoms with Crippen LogP contribution in [0.2, 0.25) is 5.02 Å². The number of fused-ring (bicyclic) bond motifs is 1. The van der Waals surface area contributed by atoms with Crippen molar-refractivity contribution in [2.45, 2.75) is 25.4 Å². The van der Waals surface area contributed by atoms with E-state index in [0.717, 1.165) is 39.0 Å². The molecule has 3 aromatic carbocycles. The number of halogens is 1. The Morgan fingerprint density at radius 3 is 2.54 bits per heavy atom. The van der Waals surface area contributed by atoms with Crippen molar-refractivity contribution in [3.63, 3.8) is 0 Å². The Labute approximate surface area is 209 Å². The van der Waals surface area contributed by atoms with Crippen molar-refractivity contribution in [1.82, 2.24) is 20.1 Å². The number of hydrogen-bond donors (Lipinski definition) is 2. The molecule has 0 radical (unpaired) electrons. The van der Waals surface area contributed by atoms with Crippen LogP contribution in [0.3, 0.4) is 0 Å². The summed E-state index contributed by atoms with van der Waals surface area (Å²) < 4.78 is 1.78. The van der Waals surface area contributed by atoms with E-state index >= 15 is 0 Å². The molecule has 0 saturated heterocycles. The Kier molecular flexibility index (Phi) is 6.53. The summed E-state index contributed by atoms with van der Waals surface area (Å²) in [7, 11) is 1.90. The van der Waals surface area contributed by atoms with Crippen molar-refractivity contribution in [2.75, 3.05) is 0 Å². The zero-order valence-corrected chi connectivity index (χ0v) is 20.5. The van der Waals surface area contributed by atoms with Gasteiger partial charge in [0.05, 0.1) is 12.2 Å². The Hall–Kier alpha value is -3.67. The Morgan fingerprint density at radius 2 is 1.83 bits per heavy atom. The number of aromatic amines is 1. The van der Waals surface area contributed by atoms with Crippen LogP contribution in [0.1, 0.15) is 34.5 Å². The molecule has 2 atom stereocenters. The predicted molar refractivity (Wildman–Crippen MR) is 142 cm³/mol. The van der Waals surface area contributed by atoms with Crippen LogP contribution in [0.25, 0.3) is 22.0 Å². The number of aryl methyl sites for hydroxylation is 1. The van der Waals surface area contributed by atoms with Crippen LogP contribution in [0.5, 0.6) is 0 Å². The number of rotatable bonds is 8. The van der Waals surface area contributed by atoms with E-state index < -0.39 is 6.04 Å². The average Bonchev–Trinajstić information content (AvgIpc) is 3.50. The molecule has 0 amide bonds. The lowest BCUT2D eigenvalue weighted by Gasteiger charge is -2.23. The van der Waals surface area contributed by atoms with Crippen molar-refractivity contribution in [1.29, 1.82) is 0 Å². The molecule has 5 aromatic rings. The number of nitrogens with one attached hydrogen (secondary N) is 2. The van der Waals surface area contributed by atoms with Gasteiger partial charge < -0.3 is 10.3 Å². The Balaban J connectivity index is 1.43. The quantitative estimate of drug-likeness (QED) is 0.253. The number of carbonyl (C=O) groups is 1. The van der Waals surface area contributed by atoms with Gasteiger partial charge in [-0.15, -0.1) is 0 Å². The van der Waals surface area contributed by atoms with Gasteiger partial charge in [0, 0.05) is 52.5 Å². The molecule has 6 heteroatoms. The Morgan fingerprint density at radius 1 is 1.06 bits per heavy atom. The third-order valence-corrected chi connectivity index (χ3v) is 6.54. The summed E-state index contributed by atoms with van der Waals surface area (Å²) in [5.41, 5.74) is 5.82. The van der Waals surface area contributed by atoms with Crippen molar-refractivity contribution in [3.05, 3.63) is 113 Å². The van der Waals surface area contributed by atoms with Gasteiger partial charge in [-0.1, -0.05) is 66.2 Å². The molecule has 2 heterocycles. The van der Waals surface area contributed by atoms with Crippen LogP contribution >= 0.6 is 11.6 Å². The molecule has 0 unspecified atom stereocenters. The number of carbonyl (C=O) groups excluding carboxylic acids is 1. The maximum absolute atomic E-state index is 13.9. The molecule has 2 N–H and O–H groups in total. The number of H-pyrrole nitrogens is 1. The molecule has 2 aromatic heterocycles. The fourth-order valence-electron chi connectivity index (χ4n) is 4.52. The number of hydrogen-bond acceptors (Lipinski definition) is 3. The second-order valence-corrected chi connectivity index (χ2v) is 9.41. The number of aromatic nitrogens is 3. The molecular formula is C29H27ClN4O. The molecule has 0 bridgehead atoms. The van der Waals surface area contributed by atoms with Gasteiger partial charge in [-0.25, -0.2) is 0 Å². The molecule has 0 spiro atoms. The summed E-state index contributed by atoms with van der Waals surface area (Å²) in [6.07, 6.45) is 6.43. The van der Waals surface area contributed by atoms with Crippen LogP contribution in [-0.2, 0) is 13.5 Å². The van der Waals surface area contributed by atoms with Crippen molar-refractivity contribution < 1.29 is 4.79 Å².